The van der Waals surface area contributed by atoms with Gasteiger partial charge in [-0.25, -0.2) is 4.79 Å². The molecule has 25 heavy (non-hydrogen) atoms. The summed E-state index contributed by atoms with van der Waals surface area (Å²) in [4.78, 5) is 35.2. The van der Waals surface area contributed by atoms with Crippen molar-refractivity contribution < 1.29 is 9.59 Å². The van der Waals surface area contributed by atoms with E-state index in [0.717, 1.165) is 16.6 Å². The molecule has 3 N–H and O–H groups in total. The Hall–Kier alpha value is -3.35. The predicted octanol–water partition coefficient (Wildman–Crippen LogP) is 1.16. The Kier molecular flexibility index (Phi) is 4.14. The van der Waals surface area contributed by atoms with Crippen molar-refractivity contribution in [2.24, 2.45) is 19.8 Å². The maximum atomic E-state index is 12.2. The Bertz CT molecular complexity index is 1030. The molecule has 0 bridgehead atoms. The van der Waals surface area contributed by atoms with Gasteiger partial charge in [0.25, 0.3) is 0 Å². The molecule has 1 heterocycles. The molecular weight excluding hydrogens is 320 g/mol. The number of carbonyl (C=O) groups excluding carboxylic acids is 2. The van der Waals surface area contributed by atoms with Crippen molar-refractivity contribution in [2.45, 2.75) is 6.42 Å². The van der Waals surface area contributed by atoms with Crippen LogP contribution in [0.1, 0.15) is 15.9 Å². The van der Waals surface area contributed by atoms with Gasteiger partial charge in [-0.1, -0.05) is 6.07 Å². The third-order valence-corrected chi connectivity index (χ3v) is 4.15. The number of nitrogens with zero attached hydrogens (tertiary/aromatic N) is 2. The number of aryl methyl sites for hydroxylation is 2. The van der Waals surface area contributed by atoms with Gasteiger partial charge in [-0.2, -0.15) is 0 Å². The molecule has 0 fully saturated rings. The van der Waals surface area contributed by atoms with Crippen LogP contribution in [0, 0.1) is 0 Å². The molecule has 3 rings (SSSR count). The number of nitrogens with two attached hydrogens (primary N) is 1. The van der Waals surface area contributed by atoms with E-state index in [1.165, 1.54) is 0 Å². The van der Waals surface area contributed by atoms with Crippen LogP contribution < -0.4 is 16.7 Å². The number of hydrogen-bond acceptors (Lipinski definition) is 3. The zero-order chi connectivity index (χ0) is 18.1. The van der Waals surface area contributed by atoms with E-state index in [1.54, 1.807) is 47.5 Å². The molecule has 2 aromatic carbocycles. The highest BCUT2D eigenvalue weighted by atomic mass is 16.2. The third kappa shape index (κ3) is 3.16. The summed E-state index contributed by atoms with van der Waals surface area (Å²) in [5.74, 6) is -0.702. The van der Waals surface area contributed by atoms with Crippen LogP contribution in [0.15, 0.2) is 47.3 Å². The topological polar surface area (TPSA) is 99.1 Å². The zero-order valence-corrected chi connectivity index (χ0v) is 13.9. The number of nitrogens with one attached hydrogen (secondary N) is 1. The second kappa shape index (κ2) is 6.27. The van der Waals surface area contributed by atoms with E-state index in [2.05, 4.69) is 5.32 Å². The lowest BCUT2D eigenvalue weighted by atomic mass is 10.1. The molecule has 0 spiro atoms. The fourth-order valence-electron chi connectivity index (χ4n) is 2.77. The Morgan fingerprint density at radius 2 is 1.64 bits per heavy atom. The smallest absolute Gasteiger partial charge is 0.328 e. The largest absolute Gasteiger partial charge is 0.366 e. The lowest BCUT2D eigenvalue weighted by Crippen LogP contribution is -2.19. The quantitative estimate of drug-likeness (QED) is 0.746. The molecule has 7 heteroatoms. The zero-order valence-electron chi connectivity index (χ0n) is 13.9. The van der Waals surface area contributed by atoms with E-state index in [0.29, 0.717) is 11.3 Å². The van der Waals surface area contributed by atoms with Crippen LogP contribution in [0.4, 0.5) is 5.69 Å². The number of benzene rings is 2. The standard InChI is InChI=1S/C18H18N4O3/c1-21-14-8-3-11(9-15(14)22(2)18(21)25)10-16(23)20-13-6-4-12(5-7-13)17(19)24/h3-9H,10H2,1-2H3,(H2,19,24)(H,20,23). The van der Waals surface area contributed by atoms with E-state index in [4.69, 9.17) is 5.73 Å². The van der Waals surface area contributed by atoms with Gasteiger partial charge in [0, 0.05) is 25.3 Å². The lowest BCUT2D eigenvalue weighted by molar-refractivity contribution is -0.115. The summed E-state index contributed by atoms with van der Waals surface area (Å²) in [6.45, 7) is 0. The summed E-state index contributed by atoms with van der Waals surface area (Å²) in [6, 6.07) is 11.9. The highest BCUT2D eigenvalue weighted by molar-refractivity contribution is 5.95. The molecule has 0 aliphatic rings. The first-order valence-corrected chi connectivity index (χ1v) is 7.71. The van der Waals surface area contributed by atoms with Crippen LogP contribution in [-0.2, 0) is 25.3 Å². The van der Waals surface area contributed by atoms with Crippen molar-refractivity contribution in [3.63, 3.8) is 0 Å². The number of primary amides is 1. The molecule has 0 aliphatic carbocycles. The fourth-order valence-corrected chi connectivity index (χ4v) is 2.77. The first-order chi connectivity index (χ1) is 11.9. The molecular formula is C18H18N4O3. The van der Waals surface area contributed by atoms with Gasteiger partial charge in [0.1, 0.15) is 0 Å². The number of imidazole rings is 1. The molecule has 1 aromatic heterocycles. The molecule has 2 amide bonds. The summed E-state index contributed by atoms with van der Waals surface area (Å²) in [7, 11) is 3.42. The van der Waals surface area contributed by atoms with Gasteiger partial charge in [0.15, 0.2) is 0 Å². The number of anilines is 1. The Balaban J connectivity index is 1.76. The van der Waals surface area contributed by atoms with Crippen LogP contribution >= 0.6 is 0 Å². The summed E-state index contributed by atoms with van der Waals surface area (Å²) in [6.07, 6.45) is 0.177. The van der Waals surface area contributed by atoms with Gasteiger partial charge in [-0.15, -0.1) is 0 Å². The SMILES string of the molecule is Cn1c(=O)n(C)c2cc(CC(=O)Nc3ccc(C(N)=O)cc3)ccc21. The number of amides is 2. The number of carbonyl (C=O) groups is 2. The molecule has 7 nitrogen and oxygen atoms in total. The number of fused-ring (bicyclic) bond motifs is 1. The lowest BCUT2D eigenvalue weighted by Gasteiger charge is -2.06. The minimum atomic E-state index is -0.514. The van der Waals surface area contributed by atoms with Crippen molar-refractivity contribution in [3.05, 3.63) is 64.1 Å². The van der Waals surface area contributed by atoms with E-state index < -0.39 is 5.91 Å². The molecule has 0 saturated heterocycles. The van der Waals surface area contributed by atoms with Gasteiger partial charge >= 0.3 is 5.69 Å². The summed E-state index contributed by atoms with van der Waals surface area (Å²) in [5.41, 5.74) is 8.45. The normalized spacial score (nSPS) is 10.8. The second-order valence-corrected chi connectivity index (χ2v) is 5.89. The molecule has 0 atom stereocenters. The highest BCUT2D eigenvalue weighted by Gasteiger charge is 2.10. The third-order valence-electron chi connectivity index (χ3n) is 4.15. The average Bonchev–Trinajstić information content (AvgIpc) is 2.79. The molecule has 0 radical (unpaired) electrons. The van der Waals surface area contributed by atoms with Crippen molar-refractivity contribution >= 4 is 28.5 Å². The van der Waals surface area contributed by atoms with Crippen molar-refractivity contribution in [1.29, 1.82) is 0 Å². The van der Waals surface area contributed by atoms with Gasteiger partial charge in [0.2, 0.25) is 11.8 Å². The molecule has 0 unspecified atom stereocenters. The van der Waals surface area contributed by atoms with Gasteiger partial charge in [-0.05, 0) is 42.0 Å². The minimum absolute atomic E-state index is 0.105. The summed E-state index contributed by atoms with van der Waals surface area (Å²) < 4.78 is 3.12. The molecule has 0 aliphatic heterocycles. The summed E-state index contributed by atoms with van der Waals surface area (Å²) >= 11 is 0. The van der Waals surface area contributed by atoms with Crippen LogP contribution in [0.3, 0.4) is 0 Å². The van der Waals surface area contributed by atoms with E-state index in [1.807, 2.05) is 18.2 Å². The minimum Gasteiger partial charge on any atom is -0.366 e. The average molecular weight is 338 g/mol. The number of rotatable bonds is 4. The Labute approximate surface area is 143 Å². The highest BCUT2D eigenvalue weighted by Crippen LogP contribution is 2.15. The van der Waals surface area contributed by atoms with Crippen LogP contribution in [0.2, 0.25) is 0 Å². The monoisotopic (exact) mass is 338 g/mol. The maximum absolute atomic E-state index is 12.2. The van der Waals surface area contributed by atoms with E-state index >= 15 is 0 Å². The first-order valence-electron chi connectivity index (χ1n) is 7.71. The number of aromatic nitrogens is 2. The number of hydrogen-bond donors (Lipinski definition) is 2. The fraction of sp³-hybridized carbons (Fsp3) is 0.167. The summed E-state index contributed by atoms with van der Waals surface area (Å²) in [5, 5.41) is 2.77. The van der Waals surface area contributed by atoms with Crippen molar-refractivity contribution in [1.82, 2.24) is 9.13 Å². The van der Waals surface area contributed by atoms with E-state index in [-0.39, 0.29) is 18.0 Å². The van der Waals surface area contributed by atoms with Gasteiger partial charge in [0.05, 0.1) is 17.5 Å². The maximum Gasteiger partial charge on any atom is 0.328 e. The molecule has 3 aromatic rings. The molecule has 128 valence electrons. The van der Waals surface area contributed by atoms with Crippen LogP contribution in [0.5, 0.6) is 0 Å². The van der Waals surface area contributed by atoms with Crippen LogP contribution in [0.25, 0.3) is 11.0 Å². The molecule has 0 saturated carbocycles. The Morgan fingerprint density at radius 1 is 1.00 bits per heavy atom. The van der Waals surface area contributed by atoms with Gasteiger partial charge < -0.3 is 11.1 Å². The van der Waals surface area contributed by atoms with Crippen molar-refractivity contribution in [3.8, 4) is 0 Å². The van der Waals surface area contributed by atoms with E-state index in [9.17, 15) is 14.4 Å². The predicted molar refractivity (Wildman–Crippen MR) is 95.5 cm³/mol. The van der Waals surface area contributed by atoms with Crippen LogP contribution in [-0.4, -0.2) is 20.9 Å². The Morgan fingerprint density at radius 3 is 2.28 bits per heavy atom. The van der Waals surface area contributed by atoms with Gasteiger partial charge in [-0.3, -0.25) is 18.7 Å². The second-order valence-electron chi connectivity index (χ2n) is 5.89. The first kappa shape index (κ1) is 16.5. The van der Waals surface area contributed by atoms with Crippen molar-refractivity contribution in [2.75, 3.05) is 5.32 Å².